The zero-order chi connectivity index (χ0) is 21.0. The molecule has 29 heavy (non-hydrogen) atoms. The lowest BCUT2D eigenvalue weighted by Crippen LogP contribution is -2.32. The predicted octanol–water partition coefficient (Wildman–Crippen LogP) is 7.04. The van der Waals surface area contributed by atoms with Gasteiger partial charge in [0.15, 0.2) is 5.11 Å². The number of carbonyl (C=O) groups is 1. The molecule has 0 saturated heterocycles. The van der Waals surface area contributed by atoms with Crippen LogP contribution in [0, 0.1) is 3.57 Å². The summed E-state index contributed by atoms with van der Waals surface area (Å²) >= 11 is 25.5. The first-order valence-corrected chi connectivity index (χ1v) is 10.7. The van der Waals surface area contributed by atoms with Crippen molar-refractivity contribution >= 4 is 92.4 Å². The summed E-state index contributed by atoms with van der Waals surface area (Å²) in [5, 5.41) is 7.10. The van der Waals surface area contributed by atoms with Crippen LogP contribution in [0.1, 0.15) is 5.76 Å². The molecule has 3 rings (SSSR count). The van der Waals surface area contributed by atoms with Crippen LogP contribution >= 0.6 is 69.6 Å². The summed E-state index contributed by atoms with van der Waals surface area (Å²) in [6.07, 6.45) is 2.85. The number of hydrogen-bond acceptors (Lipinski definition) is 3. The van der Waals surface area contributed by atoms with Crippen molar-refractivity contribution in [2.75, 3.05) is 5.32 Å². The van der Waals surface area contributed by atoms with E-state index < -0.39 is 5.91 Å². The number of furan rings is 1. The quantitative estimate of drug-likeness (QED) is 0.199. The van der Waals surface area contributed by atoms with Gasteiger partial charge in [0, 0.05) is 20.2 Å². The zero-order valence-electron chi connectivity index (χ0n) is 14.5. The van der Waals surface area contributed by atoms with E-state index in [0.29, 0.717) is 37.8 Å². The molecular weight excluding hydrogens is 566 g/mol. The number of carbonyl (C=O) groups excluding carboxylic acids is 1. The Labute approximate surface area is 201 Å². The smallest absolute Gasteiger partial charge is 0.250 e. The molecule has 1 aromatic heterocycles. The van der Waals surface area contributed by atoms with Gasteiger partial charge in [-0.1, -0.05) is 34.8 Å². The number of halogens is 4. The monoisotopic (exact) mass is 576 g/mol. The highest BCUT2D eigenvalue weighted by molar-refractivity contribution is 14.1. The Kier molecular flexibility index (Phi) is 7.59. The molecule has 0 atom stereocenters. The summed E-state index contributed by atoms with van der Waals surface area (Å²) in [5.41, 5.74) is 1.32. The lowest BCUT2D eigenvalue weighted by atomic mass is 10.2. The van der Waals surface area contributed by atoms with E-state index in [0.717, 1.165) is 3.57 Å². The fourth-order valence-electron chi connectivity index (χ4n) is 2.33. The van der Waals surface area contributed by atoms with Crippen molar-refractivity contribution in [3.63, 3.8) is 0 Å². The van der Waals surface area contributed by atoms with E-state index in [1.54, 1.807) is 42.5 Å². The summed E-state index contributed by atoms with van der Waals surface area (Å²) in [6, 6.07) is 14.1. The second-order valence-corrected chi connectivity index (χ2v) is 8.63. The molecule has 1 amide bonds. The average molecular weight is 578 g/mol. The first-order chi connectivity index (χ1) is 13.8. The molecule has 0 fully saturated rings. The van der Waals surface area contributed by atoms with Gasteiger partial charge in [-0.3, -0.25) is 10.1 Å². The maximum atomic E-state index is 12.1. The molecule has 0 unspecified atom stereocenters. The van der Waals surface area contributed by atoms with Gasteiger partial charge in [-0.25, -0.2) is 0 Å². The number of nitrogens with one attached hydrogen (secondary N) is 2. The van der Waals surface area contributed by atoms with Gasteiger partial charge >= 0.3 is 0 Å². The minimum Gasteiger partial charge on any atom is -0.457 e. The maximum absolute atomic E-state index is 12.1. The van der Waals surface area contributed by atoms with Crippen LogP contribution in [-0.4, -0.2) is 11.0 Å². The van der Waals surface area contributed by atoms with Crippen molar-refractivity contribution < 1.29 is 9.21 Å². The second kappa shape index (κ2) is 9.95. The Morgan fingerprint density at radius 2 is 1.83 bits per heavy atom. The number of benzene rings is 2. The minimum absolute atomic E-state index is 0.135. The highest BCUT2D eigenvalue weighted by atomic mass is 127. The molecule has 9 heteroatoms. The molecule has 0 aliphatic heterocycles. The van der Waals surface area contributed by atoms with E-state index in [9.17, 15) is 4.79 Å². The maximum Gasteiger partial charge on any atom is 0.250 e. The van der Waals surface area contributed by atoms with Gasteiger partial charge in [-0.05, 0) is 89.4 Å². The topological polar surface area (TPSA) is 54.3 Å². The van der Waals surface area contributed by atoms with Gasteiger partial charge in [0.25, 0.3) is 0 Å². The van der Waals surface area contributed by atoms with Crippen LogP contribution in [0.3, 0.4) is 0 Å². The number of rotatable bonds is 4. The molecule has 1 heterocycles. The van der Waals surface area contributed by atoms with Crippen molar-refractivity contribution in [2.24, 2.45) is 0 Å². The van der Waals surface area contributed by atoms with Crippen LogP contribution in [0.25, 0.3) is 17.4 Å². The first kappa shape index (κ1) is 22.1. The molecule has 0 saturated carbocycles. The highest BCUT2D eigenvalue weighted by Gasteiger charge is 2.09. The van der Waals surface area contributed by atoms with Crippen LogP contribution in [0.5, 0.6) is 0 Å². The third kappa shape index (κ3) is 6.20. The molecule has 0 radical (unpaired) electrons. The van der Waals surface area contributed by atoms with Crippen molar-refractivity contribution in [3.05, 3.63) is 79.0 Å². The lowest BCUT2D eigenvalue weighted by Gasteiger charge is -2.09. The van der Waals surface area contributed by atoms with Crippen LogP contribution in [-0.2, 0) is 4.79 Å². The Balaban J connectivity index is 1.60. The zero-order valence-corrected chi connectivity index (χ0v) is 19.8. The summed E-state index contributed by atoms with van der Waals surface area (Å²) in [4.78, 5) is 12.1. The molecule has 0 spiro atoms. The SMILES string of the molecule is O=C(/C=C/c1ccc(-c2ccc(Cl)cc2Cl)o1)NC(=S)Nc1ccc(I)cc1Cl. The van der Waals surface area contributed by atoms with Crippen molar-refractivity contribution in [1.29, 1.82) is 0 Å². The minimum atomic E-state index is -0.411. The molecular formula is C20H12Cl3IN2O2S. The van der Waals surface area contributed by atoms with E-state index in [1.165, 1.54) is 12.2 Å². The molecule has 3 aromatic rings. The number of anilines is 1. The molecule has 148 valence electrons. The van der Waals surface area contributed by atoms with Gasteiger partial charge in [0.2, 0.25) is 5.91 Å². The molecule has 2 N–H and O–H groups in total. The fourth-order valence-corrected chi connectivity index (χ4v) is 3.95. The third-order valence-corrected chi connectivity index (χ3v) is 5.37. The Morgan fingerprint density at radius 3 is 2.55 bits per heavy atom. The van der Waals surface area contributed by atoms with Gasteiger partial charge in [-0.15, -0.1) is 0 Å². The molecule has 0 aliphatic carbocycles. The van der Waals surface area contributed by atoms with E-state index in [-0.39, 0.29) is 5.11 Å². The summed E-state index contributed by atoms with van der Waals surface area (Å²) in [5.74, 6) is 0.643. The second-order valence-electron chi connectivity index (χ2n) is 5.73. The van der Waals surface area contributed by atoms with Gasteiger partial charge < -0.3 is 9.73 Å². The highest BCUT2D eigenvalue weighted by Crippen LogP contribution is 2.31. The predicted molar refractivity (Wildman–Crippen MR) is 132 cm³/mol. The average Bonchev–Trinajstić information content (AvgIpc) is 3.11. The summed E-state index contributed by atoms with van der Waals surface area (Å²) in [7, 11) is 0. The van der Waals surface area contributed by atoms with Crippen LogP contribution < -0.4 is 10.6 Å². The normalized spacial score (nSPS) is 10.9. The Bertz CT molecular complexity index is 1110. The standard InChI is InChI=1S/C20H12Cl3IN2O2S/c21-11-1-5-14(15(22)9-11)18-7-3-13(28-18)4-8-19(27)26-20(29)25-17-6-2-12(24)10-16(17)23/h1-10H,(H2,25,26,27,29)/b8-4+. The van der Waals surface area contributed by atoms with Crippen molar-refractivity contribution in [1.82, 2.24) is 5.32 Å². The fraction of sp³-hybridized carbons (Fsp3) is 0. The summed E-state index contributed by atoms with van der Waals surface area (Å²) in [6.45, 7) is 0. The number of hydrogen-bond donors (Lipinski definition) is 2. The molecule has 0 bridgehead atoms. The lowest BCUT2D eigenvalue weighted by molar-refractivity contribution is -0.115. The van der Waals surface area contributed by atoms with Crippen LogP contribution in [0.15, 0.2) is 59.0 Å². The molecule has 4 nitrogen and oxygen atoms in total. The third-order valence-electron chi connectivity index (χ3n) is 3.64. The number of amides is 1. The Morgan fingerprint density at radius 1 is 1.03 bits per heavy atom. The summed E-state index contributed by atoms with van der Waals surface area (Å²) < 4.78 is 6.70. The van der Waals surface area contributed by atoms with Crippen LogP contribution in [0.4, 0.5) is 5.69 Å². The van der Waals surface area contributed by atoms with Gasteiger partial charge in [0.1, 0.15) is 11.5 Å². The molecule has 0 aliphatic rings. The van der Waals surface area contributed by atoms with Crippen molar-refractivity contribution in [2.45, 2.75) is 0 Å². The van der Waals surface area contributed by atoms with E-state index >= 15 is 0 Å². The van der Waals surface area contributed by atoms with Crippen molar-refractivity contribution in [3.8, 4) is 11.3 Å². The van der Waals surface area contributed by atoms with Crippen LogP contribution in [0.2, 0.25) is 15.1 Å². The number of thiocarbonyl (C=S) groups is 1. The first-order valence-electron chi connectivity index (χ1n) is 8.12. The van der Waals surface area contributed by atoms with Gasteiger partial charge in [-0.2, -0.15) is 0 Å². The van der Waals surface area contributed by atoms with E-state index in [1.807, 2.05) is 6.07 Å². The Hall–Kier alpha value is -1.58. The van der Waals surface area contributed by atoms with E-state index in [2.05, 4.69) is 33.2 Å². The largest absolute Gasteiger partial charge is 0.457 e. The van der Waals surface area contributed by atoms with Gasteiger partial charge in [0.05, 0.1) is 15.7 Å². The van der Waals surface area contributed by atoms with E-state index in [4.69, 9.17) is 51.4 Å². The molecule has 2 aromatic carbocycles.